The highest BCUT2D eigenvalue weighted by Crippen LogP contribution is 2.26. The van der Waals surface area contributed by atoms with Gasteiger partial charge in [0.25, 0.3) is 0 Å². The molecule has 0 unspecified atom stereocenters. The molecule has 0 saturated heterocycles. The number of rotatable bonds is 2. The zero-order valence-electron chi connectivity index (χ0n) is 6.48. The molecule has 3 heteroatoms. The van der Waals surface area contributed by atoms with Crippen LogP contribution in [-0.2, 0) is 0 Å². The van der Waals surface area contributed by atoms with E-state index in [4.69, 9.17) is 11.6 Å². The molecule has 0 aliphatic heterocycles. The molecule has 1 aliphatic rings. The molecule has 0 atom stereocenters. The van der Waals surface area contributed by atoms with Gasteiger partial charge >= 0.3 is 0 Å². The van der Waals surface area contributed by atoms with E-state index in [2.05, 4.69) is 5.32 Å². The van der Waals surface area contributed by atoms with Crippen molar-refractivity contribution in [3.63, 3.8) is 0 Å². The quantitative estimate of drug-likeness (QED) is 0.747. The van der Waals surface area contributed by atoms with Gasteiger partial charge in [-0.2, -0.15) is 0 Å². The number of hydrogen-bond acceptors (Lipinski definition) is 1. The zero-order valence-corrected chi connectivity index (χ0v) is 7.24. The van der Waals surface area contributed by atoms with Crippen LogP contribution in [0.1, 0.15) is 12.8 Å². The van der Waals surface area contributed by atoms with Crippen LogP contribution in [0, 0.1) is 5.82 Å². The summed E-state index contributed by atoms with van der Waals surface area (Å²) in [5.74, 6) is -0.286. The van der Waals surface area contributed by atoms with Crippen LogP contribution < -0.4 is 5.32 Å². The molecule has 1 aromatic carbocycles. The largest absolute Gasteiger partial charge is 0.382 e. The minimum Gasteiger partial charge on any atom is -0.382 e. The number of benzene rings is 1. The molecule has 0 amide bonds. The van der Waals surface area contributed by atoms with Crippen molar-refractivity contribution < 1.29 is 4.39 Å². The van der Waals surface area contributed by atoms with Crippen molar-refractivity contribution in [1.29, 1.82) is 0 Å². The van der Waals surface area contributed by atoms with Crippen LogP contribution in [0.4, 0.5) is 10.1 Å². The molecule has 12 heavy (non-hydrogen) atoms. The molecular formula is C9H9ClFN. The Morgan fingerprint density at radius 2 is 2.08 bits per heavy atom. The summed E-state index contributed by atoms with van der Waals surface area (Å²) in [6.07, 6.45) is 2.35. The van der Waals surface area contributed by atoms with E-state index in [0.29, 0.717) is 11.1 Å². The van der Waals surface area contributed by atoms with Crippen LogP contribution in [-0.4, -0.2) is 6.04 Å². The highest BCUT2D eigenvalue weighted by molar-refractivity contribution is 6.30. The van der Waals surface area contributed by atoms with Crippen LogP contribution >= 0.6 is 11.6 Å². The topological polar surface area (TPSA) is 12.0 Å². The van der Waals surface area contributed by atoms with Crippen LogP contribution in [0.3, 0.4) is 0 Å². The van der Waals surface area contributed by atoms with Gasteiger partial charge in [-0.05, 0) is 31.0 Å². The molecule has 1 fully saturated rings. The van der Waals surface area contributed by atoms with E-state index in [9.17, 15) is 4.39 Å². The predicted octanol–water partition coefficient (Wildman–Crippen LogP) is 3.05. The predicted molar refractivity (Wildman–Crippen MR) is 48.1 cm³/mol. The summed E-state index contributed by atoms with van der Waals surface area (Å²) in [4.78, 5) is 0. The van der Waals surface area contributed by atoms with Crippen molar-refractivity contribution in [2.24, 2.45) is 0 Å². The lowest BCUT2D eigenvalue weighted by molar-refractivity contribution is 0.628. The Balaban J connectivity index is 2.18. The summed E-state index contributed by atoms with van der Waals surface area (Å²) in [6.45, 7) is 0. The summed E-state index contributed by atoms with van der Waals surface area (Å²) in [6, 6.07) is 5.04. The Morgan fingerprint density at radius 1 is 1.33 bits per heavy atom. The number of halogens is 2. The van der Waals surface area contributed by atoms with E-state index in [-0.39, 0.29) is 5.82 Å². The second-order valence-electron chi connectivity index (χ2n) is 3.08. The molecule has 0 spiro atoms. The third-order valence-electron chi connectivity index (χ3n) is 1.81. The van der Waals surface area contributed by atoms with Crippen molar-refractivity contribution in [3.8, 4) is 0 Å². The summed E-state index contributed by atoms with van der Waals surface area (Å²) >= 11 is 5.67. The molecule has 1 aliphatic carbocycles. The van der Waals surface area contributed by atoms with Crippen molar-refractivity contribution in [1.82, 2.24) is 0 Å². The molecule has 0 aromatic heterocycles. The fourth-order valence-corrected chi connectivity index (χ4v) is 1.32. The van der Waals surface area contributed by atoms with Crippen LogP contribution in [0.15, 0.2) is 18.2 Å². The van der Waals surface area contributed by atoms with Crippen molar-refractivity contribution >= 4 is 17.3 Å². The number of nitrogens with one attached hydrogen (secondary N) is 1. The molecular weight excluding hydrogens is 177 g/mol. The molecule has 1 aromatic rings. The Morgan fingerprint density at radius 3 is 2.67 bits per heavy atom. The highest BCUT2D eigenvalue weighted by Gasteiger charge is 2.20. The summed E-state index contributed by atoms with van der Waals surface area (Å²) in [7, 11) is 0. The SMILES string of the molecule is Fc1cc(Cl)cc(NC2CC2)c1. The Kier molecular flexibility index (Phi) is 1.93. The van der Waals surface area contributed by atoms with Gasteiger partial charge in [0.05, 0.1) is 0 Å². The molecule has 0 bridgehead atoms. The molecule has 1 saturated carbocycles. The van der Waals surface area contributed by atoms with Gasteiger partial charge in [0.1, 0.15) is 5.82 Å². The standard InChI is InChI=1S/C9H9ClFN/c10-6-3-7(11)5-9(4-6)12-8-1-2-8/h3-5,8,12H,1-2H2. The lowest BCUT2D eigenvalue weighted by atomic mass is 10.3. The minimum atomic E-state index is -0.286. The van der Waals surface area contributed by atoms with Crippen LogP contribution in [0.25, 0.3) is 0 Å². The fraction of sp³-hybridized carbons (Fsp3) is 0.333. The maximum atomic E-state index is 12.8. The van der Waals surface area contributed by atoms with Gasteiger partial charge in [-0.15, -0.1) is 0 Å². The minimum absolute atomic E-state index is 0.286. The van der Waals surface area contributed by atoms with E-state index in [1.165, 1.54) is 25.0 Å². The third kappa shape index (κ3) is 1.89. The summed E-state index contributed by atoms with van der Waals surface area (Å²) in [5, 5.41) is 3.62. The fourth-order valence-electron chi connectivity index (χ4n) is 1.10. The van der Waals surface area contributed by atoms with Crippen molar-refractivity contribution in [2.45, 2.75) is 18.9 Å². The number of anilines is 1. The average molecular weight is 186 g/mol. The normalized spacial score (nSPS) is 16.2. The van der Waals surface area contributed by atoms with E-state index in [1.807, 2.05) is 0 Å². The smallest absolute Gasteiger partial charge is 0.126 e. The van der Waals surface area contributed by atoms with E-state index in [1.54, 1.807) is 6.07 Å². The van der Waals surface area contributed by atoms with Crippen molar-refractivity contribution in [3.05, 3.63) is 29.0 Å². The first-order valence-electron chi connectivity index (χ1n) is 3.97. The molecule has 1 N–H and O–H groups in total. The first-order chi connectivity index (χ1) is 5.74. The van der Waals surface area contributed by atoms with Crippen LogP contribution in [0.5, 0.6) is 0 Å². The van der Waals surface area contributed by atoms with E-state index >= 15 is 0 Å². The van der Waals surface area contributed by atoms with Gasteiger partial charge in [0, 0.05) is 16.8 Å². The monoisotopic (exact) mass is 185 g/mol. The molecule has 64 valence electrons. The van der Waals surface area contributed by atoms with E-state index in [0.717, 1.165) is 5.69 Å². The van der Waals surface area contributed by atoms with E-state index < -0.39 is 0 Å². The second-order valence-corrected chi connectivity index (χ2v) is 3.51. The maximum Gasteiger partial charge on any atom is 0.126 e. The van der Waals surface area contributed by atoms with Gasteiger partial charge in [-0.3, -0.25) is 0 Å². The summed E-state index contributed by atoms with van der Waals surface area (Å²) < 4.78 is 12.8. The zero-order chi connectivity index (χ0) is 8.55. The van der Waals surface area contributed by atoms with Gasteiger partial charge in [-0.1, -0.05) is 11.6 Å². The average Bonchev–Trinajstić information content (AvgIpc) is 2.68. The molecule has 0 heterocycles. The van der Waals surface area contributed by atoms with Gasteiger partial charge in [0.15, 0.2) is 0 Å². The maximum absolute atomic E-state index is 12.8. The highest BCUT2D eigenvalue weighted by atomic mass is 35.5. The van der Waals surface area contributed by atoms with Crippen LogP contribution in [0.2, 0.25) is 5.02 Å². The second kappa shape index (κ2) is 2.94. The third-order valence-corrected chi connectivity index (χ3v) is 2.03. The first-order valence-corrected chi connectivity index (χ1v) is 4.34. The summed E-state index contributed by atoms with van der Waals surface area (Å²) in [5.41, 5.74) is 0.780. The van der Waals surface area contributed by atoms with Gasteiger partial charge in [-0.25, -0.2) is 4.39 Å². The lowest BCUT2D eigenvalue weighted by Gasteiger charge is -2.04. The van der Waals surface area contributed by atoms with Gasteiger partial charge < -0.3 is 5.32 Å². The lowest BCUT2D eigenvalue weighted by Crippen LogP contribution is -2.00. The molecule has 2 rings (SSSR count). The Bertz CT molecular complexity index is 276. The van der Waals surface area contributed by atoms with Crippen molar-refractivity contribution in [2.75, 3.05) is 5.32 Å². The molecule has 0 radical (unpaired) electrons. The Labute approximate surface area is 75.5 Å². The number of hydrogen-bond donors (Lipinski definition) is 1. The van der Waals surface area contributed by atoms with Gasteiger partial charge in [0.2, 0.25) is 0 Å². The Hall–Kier alpha value is -0.760. The first kappa shape index (κ1) is 7.87. The molecule has 1 nitrogen and oxygen atoms in total.